The minimum atomic E-state index is 0.0629. The van der Waals surface area contributed by atoms with Crippen LogP contribution in [0.4, 0.5) is 0 Å². The molecule has 0 aliphatic carbocycles. The summed E-state index contributed by atoms with van der Waals surface area (Å²) in [5.74, 6) is 1.10. The number of amides is 1. The average molecular weight is 379 g/mol. The van der Waals surface area contributed by atoms with Crippen molar-refractivity contribution >= 4 is 5.91 Å². The van der Waals surface area contributed by atoms with Gasteiger partial charge in [0, 0.05) is 37.9 Å². The van der Waals surface area contributed by atoms with Gasteiger partial charge in [0.1, 0.15) is 5.69 Å². The molecule has 28 heavy (non-hydrogen) atoms. The SMILES string of the molecule is CCCN1CCN(C(=O)c2cccn2Cc2noc(-c3ccccc3)n2)CC1. The van der Waals surface area contributed by atoms with E-state index < -0.39 is 0 Å². The van der Waals surface area contributed by atoms with E-state index in [2.05, 4.69) is 22.0 Å². The van der Waals surface area contributed by atoms with Crippen molar-refractivity contribution in [1.82, 2.24) is 24.5 Å². The maximum atomic E-state index is 13.0. The Morgan fingerprint density at radius 3 is 2.61 bits per heavy atom. The third-order valence-electron chi connectivity index (χ3n) is 5.05. The molecule has 0 unspecified atom stereocenters. The second kappa shape index (κ2) is 8.39. The third kappa shape index (κ3) is 3.99. The monoisotopic (exact) mass is 379 g/mol. The molecule has 0 saturated carbocycles. The molecule has 7 heteroatoms. The molecule has 3 heterocycles. The minimum Gasteiger partial charge on any atom is -0.336 e. The Labute approximate surface area is 164 Å². The Kier molecular flexibility index (Phi) is 5.53. The van der Waals surface area contributed by atoms with Crippen LogP contribution < -0.4 is 0 Å². The van der Waals surface area contributed by atoms with Crippen LogP contribution in [-0.2, 0) is 6.54 Å². The highest BCUT2D eigenvalue weighted by molar-refractivity contribution is 5.92. The number of benzene rings is 1. The van der Waals surface area contributed by atoms with Gasteiger partial charge < -0.3 is 14.0 Å². The molecule has 146 valence electrons. The van der Waals surface area contributed by atoms with Gasteiger partial charge >= 0.3 is 0 Å². The van der Waals surface area contributed by atoms with Crippen LogP contribution in [0.3, 0.4) is 0 Å². The van der Waals surface area contributed by atoms with Crippen molar-refractivity contribution in [2.75, 3.05) is 32.7 Å². The Hall–Kier alpha value is -2.93. The Bertz CT molecular complexity index is 910. The van der Waals surface area contributed by atoms with Crippen molar-refractivity contribution in [2.24, 2.45) is 0 Å². The summed E-state index contributed by atoms with van der Waals surface area (Å²) in [6.45, 7) is 7.09. The molecule has 1 saturated heterocycles. The highest BCUT2D eigenvalue weighted by atomic mass is 16.5. The van der Waals surface area contributed by atoms with Crippen LogP contribution in [0.15, 0.2) is 53.2 Å². The lowest BCUT2D eigenvalue weighted by atomic mass is 10.2. The number of hydrogen-bond acceptors (Lipinski definition) is 5. The largest absolute Gasteiger partial charge is 0.336 e. The molecule has 0 atom stereocenters. The van der Waals surface area contributed by atoms with Gasteiger partial charge in [0.2, 0.25) is 0 Å². The van der Waals surface area contributed by atoms with E-state index in [1.807, 2.05) is 58.1 Å². The predicted octanol–water partition coefficient (Wildman–Crippen LogP) is 2.75. The normalized spacial score (nSPS) is 15.1. The maximum absolute atomic E-state index is 13.0. The molecule has 1 aliphatic heterocycles. The van der Waals surface area contributed by atoms with Crippen molar-refractivity contribution < 1.29 is 9.32 Å². The summed E-state index contributed by atoms with van der Waals surface area (Å²) in [5.41, 5.74) is 1.55. The van der Waals surface area contributed by atoms with E-state index in [0.717, 1.165) is 44.7 Å². The fourth-order valence-corrected chi connectivity index (χ4v) is 3.57. The number of aromatic nitrogens is 3. The molecule has 7 nitrogen and oxygen atoms in total. The zero-order valence-corrected chi connectivity index (χ0v) is 16.1. The zero-order valence-electron chi connectivity index (χ0n) is 16.1. The summed E-state index contributed by atoms with van der Waals surface area (Å²) in [6, 6.07) is 13.4. The van der Waals surface area contributed by atoms with E-state index in [0.29, 0.717) is 24.0 Å². The molecule has 1 amide bonds. The van der Waals surface area contributed by atoms with Gasteiger partial charge in [-0.05, 0) is 37.2 Å². The topological polar surface area (TPSA) is 67.4 Å². The molecule has 4 rings (SSSR count). The first kappa shape index (κ1) is 18.4. The van der Waals surface area contributed by atoms with Gasteiger partial charge in [0.15, 0.2) is 5.82 Å². The molecule has 1 fully saturated rings. The third-order valence-corrected chi connectivity index (χ3v) is 5.05. The highest BCUT2D eigenvalue weighted by Crippen LogP contribution is 2.17. The van der Waals surface area contributed by atoms with E-state index >= 15 is 0 Å². The molecule has 0 bridgehead atoms. The van der Waals surface area contributed by atoms with E-state index in [4.69, 9.17) is 4.52 Å². The quantitative estimate of drug-likeness (QED) is 0.659. The van der Waals surface area contributed by atoms with Crippen molar-refractivity contribution in [3.63, 3.8) is 0 Å². The summed E-state index contributed by atoms with van der Waals surface area (Å²) in [4.78, 5) is 21.8. The fourth-order valence-electron chi connectivity index (χ4n) is 3.57. The van der Waals surface area contributed by atoms with E-state index in [9.17, 15) is 4.79 Å². The second-order valence-corrected chi connectivity index (χ2v) is 7.04. The Balaban J connectivity index is 1.43. The van der Waals surface area contributed by atoms with Crippen LogP contribution in [0.1, 0.15) is 29.7 Å². The number of nitrogens with zero attached hydrogens (tertiary/aromatic N) is 5. The predicted molar refractivity (Wildman–Crippen MR) is 106 cm³/mol. The van der Waals surface area contributed by atoms with E-state index in [1.165, 1.54) is 0 Å². The standard InChI is InChI=1S/C21H25N5O2/c1-2-10-24-12-14-25(15-13-24)21(27)18-9-6-11-26(18)16-19-22-20(28-23-19)17-7-4-3-5-8-17/h3-9,11H,2,10,12-16H2,1H3. The fraction of sp³-hybridized carbons (Fsp3) is 0.381. The molecule has 3 aromatic rings. The van der Waals surface area contributed by atoms with Crippen molar-refractivity contribution in [3.8, 4) is 11.5 Å². The molecule has 0 N–H and O–H groups in total. The van der Waals surface area contributed by atoms with Crippen LogP contribution in [0.25, 0.3) is 11.5 Å². The van der Waals surface area contributed by atoms with Crippen LogP contribution in [0.2, 0.25) is 0 Å². The van der Waals surface area contributed by atoms with Crippen molar-refractivity contribution in [1.29, 1.82) is 0 Å². The first-order valence-corrected chi connectivity index (χ1v) is 9.79. The number of carbonyl (C=O) groups excluding carboxylic acids is 1. The summed E-state index contributed by atoms with van der Waals surface area (Å²) < 4.78 is 7.26. The first-order valence-electron chi connectivity index (χ1n) is 9.79. The van der Waals surface area contributed by atoms with E-state index in [1.54, 1.807) is 0 Å². The zero-order chi connectivity index (χ0) is 19.3. The van der Waals surface area contributed by atoms with Crippen molar-refractivity contribution in [3.05, 3.63) is 60.2 Å². The van der Waals surface area contributed by atoms with Gasteiger partial charge in [-0.2, -0.15) is 4.98 Å². The second-order valence-electron chi connectivity index (χ2n) is 7.04. The first-order chi connectivity index (χ1) is 13.7. The van der Waals surface area contributed by atoms with Crippen LogP contribution in [0.5, 0.6) is 0 Å². The van der Waals surface area contributed by atoms with Gasteiger partial charge in [-0.3, -0.25) is 9.69 Å². The maximum Gasteiger partial charge on any atom is 0.270 e. The average Bonchev–Trinajstić information content (AvgIpc) is 3.39. The number of carbonyl (C=O) groups is 1. The van der Waals surface area contributed by atoms with Crippen LogP contribution in [0, 0.1) is 0 Å². The molecule has 2 aromatic heterocycles. The lowest BCUT2D eigenvalue weighted by molar-refractivity contribution is 0.0627. The van der Waals surface area contributed by atoms with E-state index in [-0.39, 0.29) is 5.91 Å². The van der Waals surface area contributed by atoms with Gasteiger partial charge in [-0.25, -0.2) is 0 Å². The van der Waals surface area contributed by atoms with Crippen LogP contribution >= 0.6 is 0 Å². The van der Waals surface area contributed by atoms with Gasteiger partial charge in [-0.15, -0.1) is 0 Å². The van der Waals surface area contributed by atoms with Gasteiger partial charge in [-0.1, -0.05) is 30.3 Å². The minimum absolute atomic E-state index is 0.0629. The smallest absolute Gasteiger partial charge is 0.270 e. The van der Waals surface area contributed by atoms with Gasteiger partial charge in [0.25, 0.3) is 11.8 Å². The van der Waals surface area contributed by atoms with Crippen molar-refractivity contribution in [2.45, 2.75) is 19.9 Å². The Morgan fingerprint density at radius 2 is 1.86 bits per heavy atom. The van der Waals surface area contributed by atoms with Gasteiger partial charge in [0.05, 0.1) is 6.54 Å². The molecule has 1 aromatic carbocycles. The molecule has 0 radical (unpaired) electrons. The summed E-state index contributed by atoms with van der Waals surface area (Å²) in [7, 11) is 0. The lowest BCUT2D eigenvalue weighted by Gasteiger charge is -2.34. The molecule has 1 aliphatic rings. The highest BCUT2D eigenvalue weighted by Gasteiger charge is 2.24. The Morgan fingerprint density at radius 1 is 1.07 bits per heavy atom. The van der Waals surface area contributed by atoms with Crippen LogP contribution in [-0.4, -0.2) is 63.1 Å². The summed E-state index contributed by atoms with van der Waals surface area (Å²) >= 11 is 0. The molecule has 0 spiro atoms. The summed E-state index contributed by atoms with van der Waals surface area (Å²) in [5, 5.41) is 4.07. The number of rotatable bonds is 6. The summed E-state index contributed by atoms with van der Waals surface area (Å²) in [6.07, 6.45) is 3.03. The molecular formula is C21H25N5O2. The molecular weight excluding hydrogens is 354 g/mol. The number of piperazine rings is 1. The number of hydrogen-bond donors (Lipinski definition) is 0. The lowest BCUT2D eigenvalue weighted by Crippen LogP contribution is -2.49.